The number of hydrogen-bond donors (Lipinski definition) is 0. The van der Waals surface area contributed by atoms with Crippen molar-refractivity contribution in [1.29, 1.82) is 0 Å². The molecule has 5 heteroatoms. The van der Waals surface area contributed by atoms with Crippen LogP contribution in [0.2, 0.25) is 0 Å². The van der Waals surface area contributed by atoms with Crippen molar-refractivity contribution in [3.63, 3.8) is 0 Å². The number of esters is 2. The largest absolute Gasteiger partial charge is 0.462 e. The van der Waals surface area contributed by atoms with Crippen LogP contribution in [0.15, 0.2) is 72.9 Å². The van der Waals surface area contributed by atoms with Gasteiger partial charge in [-0.1, -0.05) is 184 Å². The van der Waals surface area contributed by atoms with Gasteiger partial charge in [-0.15, -0.1) is 0 Å². The van der Waals surface area contributed by atoms with Gasteiger partial charge >= 0.3 is 11.9 Å². The van der Waals surface area contributed by atoms with E-state index >= 15 is 0 Å². The van der Waals surface area contributed by atoms with Crippen LogP contribution in [-0.4, -0.2) is 37.9 Å². The quantitative estimate of drug-likeness (QED) is 0.0354. The first kappa shape index (κ1) is 51.3. The molecule has 0 aliphatic carbocycles. The van der Waals surface area contributed by atoms with Gasteiger partial charge in [0.2, 0.25) is 0 Å². The Balaban J connectivity index is 4.36. The summed E-state index contributed by atoms with van der Waals surface area (Å²) in [5, 5.41) is 0. The minimum atomic E-state index is -0.577. The Kier molecular flexibility index (Phi) is 42.5. The molecule has 0 N–H and O–H groups in total. The lowest BCUT2D eigenvalue weighted by atomic mass is 10.1. The molecule has 0 aromatic heterocycles. The van der Waals surface area contributed by atoms with E-state index in [0.29, 0.717) is 25.9 Å². The van der Waals surface area contributed by atoms with E-state index in [1.54, 1.807) is 0 Å². The maximum atomic E-state index is 12.7. The topological polar surface area (TPSA) is 61.8 Å². The molecule has 0 aliphatic heterocycles. The molecular formula is C49H84O5. The Bertz CT molecular complexity index is 988. The van der Waals surface area contributed by atoms with Crippen LogP contribution in [0.3, 0.4) is 0 Å². The third kappa shape index (κ3) is 42.1. The van der Waals surface area contributed by atoms with Crippen molar-refractivity contribution in [3.8, 4) is 0 Å². The van der Waals surface area contributed by atoms with Crippen molar-refractivity contribution in [1.82, 2.24) is 0 Å². The van der Waals surface area contributed by atoms with Crippen molar-refractivity contribution in [2.75, 3.05) is 19.8 Å². The molecular weight excluding hydrogens is 669 g/mol. The number of hydrogen-bond acceptors (Lipinski definition) is 5. The highest BCUT2D eigenvalue weighted by atomic mass is 16.6. The number of rotatable bonds is 40. The molecule has 1 unspecified atom stereocenters. The second-order valence-electron chi connectivity index (χ2n) is 14.6. The zero-order chi connectivity index (χ0) is 39.3. The van der Waals surface area contributed by atoms with Gasteiger partial charge in [0.15, 0.2) is 6.10 Å². The zero-order valence-electron chi connectivity index (χ0n) is 35.5. The fourth-order valence-corrected chi connectivity index (χ4v) is 5.90. The van der Waals surface area contributed by atoms with Crippen LogP contribution in [0, 0.1) is 0 Å². The van der Waals surface area contributed by atoms with Crippen molar-refractivity contribution < 1.29 is 23.8 Å². The first-order valence-electron chi connectivity index (χ1n) is 22.5. The number of carbonyl (C=O) groups is 2. The van der Waals surface area contributed by atoms with Crippen molar-refractivity contribution in [3.05, 3.63) is 72.9 Å². The molecule has 0 aromatic carbocycles. The molecule has 0 aromatic rings. The average Bonchev–Trinajstić information content (AvgIpc) is 3.17. The first-order valence-corrected chi connectivity index (χ1v) is 22.5. The fourth-order valence-electron chi connectivity index (χ4n) is 5.90. The van der Waals surface area contributed by atoms with Crippen LogP contribution in [0.1, 0.15) is 201 Å². The van der Waals surface area contributed by atoms with E-state index in [2.05, 4.69) is 87.6 Å². The smallest absolute Gasteiger partial charge is 0.306 e. The lowest BCUT2D eigenvalue weighted by Gasteiger charge is -2.18. The monoisotopic (exact) mass is 753 g/mol. The van der Waals surface area contributed by atoms with Crippen molar-refractivity contribution >= 4 is 11.9 Å². The molecule has 1 atom stereocenters. The molecule has 54 heavy (non-hydrogen) atoms. The zero-order valence-corrected chi connectivity index (χ0v) is 35.5. The van der Waals surface area contributed by atoms with Crippen LogP contribution in [0.5, 0.6) is 0 Å². The molecule has 0 amide bonds. The maximum Gasteiger partial charge on any atom is 0.306 e. The average molecular weight is 753 g/mol. The minimum absolute atomic E-state index is 0.0485. The third-order valence-corrected chi connectivity index (χ3v) is 9.24. The van der Waals surface area contributed by atoms with Crippen LogP contribution < -0.4 is 0 Å². The SMILES string of the molecule is CC/C=C\C/C=C\C/C=C\C/C=C\CCC(=O)OC(COCCCCCCCCCCCC)COC(=O)CCCCCCC/C=C\C/C=C\CCCCC. The Labute approximate surface area is 334 Å². The molecule has 0 radical (unpaired) electrons. The Morgan fingerprint density at radius 3 is 1.44 bits per heavy atom. The van der Waals surface area contributed by atoms with Gasteiger partial charge in [-0.3, -0.25) is 9.59 Å². The molecule has 0 saturated heterocycles. The molecule has 0 heterocycles. The summed E-state index contributed by atoms with van der Waals surface area (Å²) in [5.41, 5.74) is 0. The normalized spacial score (nSPS) is 12.9. The second-order valence-corrected chi connectivity index (χ2v) is 14.6. The molecule has 0 saturated carbocycles. The standard InChI is InChI=1S/C49H84O5/c1-4-7-10-13-16-19-22-24-25-27-28-30-33-36-39-42-48(50)53-46-47(45-52-44-41-38-35-32-21-18-15-12-9-6-3)54-49(51)43-40-37-34-31-29-26-23-20-17-14-11-8-5-2/h8,11,16-17,19-20,24-26,29,34,37,47H,4-7,9-10,12-15,18,21-23,27-28,30-33,35-36,38-46H2,1-3H3/b11-8-,19-16-,20-17-,25-24-,29-26-,37-34-. The van der Waals surface area contributed by atoms with E-state index in [4.69, 9.17) is 14.2 Å². The second kappa shape index (κ2) is 44.7. The van der Waals surface area contributed by atoms with E-state index in [0.717, 1.165) is 70.6 Å². The molecule has 0 bridgehead atoms. The number of carbonyl (C=O) groups excluding carboxylic acids is 2. The molecule has 5 nitrogen and oxygen atoms in total. The van der Waals surface area contributed by atoms with Gasteiger partial charge in [-0.05, 0) is 77.0 Å². The minimum Gasteiger partial charge on any atom is -0.462 e. The van der Waals surface area contributed by atoms with Crippen LogP contribution in [-0.2, 0) is 23.8 Å². The lowest BCUT2D eigenvalue weighted by Crippen LogP contribution is -2.30. The predicted molar refractivity (Wildman–Crippen MR) is 233 cm³/mol. The van der Waals surface area contributed by atoms with Gasteiger partial charge in [-0.2, -0.15) is 0 Å². The van der Waals surface area contributed by atoms with Crippen LogP contribution in [0.4, 0.5) is 0 Å². The van der Waals surface area contributed by atoms with E-state index in [-0.39, 0.29) is 25.2 Å². The summed E-state index contributed by atoms with van der Waals surface area (Å²) >= 11 is 0. The maximum absolute atomic E-state index is 12.7. The highest BCUT2D eigenvalue weighted by molar-refractivity contribution is 5.70. The summed E-state index contributed by atoms with van der Waals surface area (Å²) in [6, 6.07) is 0. The lowest BCUT2D eigenvalue weighted by molar-refractivity contribution is -0.162. The molecule has 0 spiro atoms. The molecule has 0 fully saturated rings. The molecule has 0 rings (SSSR count). The Morgan fingerprint density at radius 1 is 0.426 bits per heavy atom. The van der Waals surface area contributed by atoms with Crippen LogP contribution in [0.25, 0.3) is 0 Å². The Morgan fingerprint density at radius 2 is 0.870 bits per heavy atom. The van der Waals surface area contributed by atoms with E-state index in [1.165, 1.54) is 89.9 Å². The van der Waals surface area contributed by atoms with Gasteiger partial charge in [0, 0.05) is 19.4 Å². The molecule has 0 aliphatic rings. The highest BCUT2D eigenvalue weighted by Crippen LogP contribution is 2.12. The van der Waals surface area contributed by atoms with Gasteiger partial charge in [0.25, 0.3) is 0 Å². The molecule has 310 valence electrons. The summed E-state index contributed by atoms with van der Waals surface area (Å²) < 4.78 is 17.2. The summed E-state index contributed by atoms with van der Waals surface area (Å²) in [6.07, 6.45) is 56.2. The summed E-state index contributed by atoms with van der Waals surface area (Å²) in [7, 11) is 0. The van der Waals surface area contributed by atoms with Crippen LogP contribution >= 0.6 is 0 Å². The Hall–Kier alpha value is -2.66. The summed E-state index contributed by atoms with van der Waals surface area (Å²) in [4.78, 5) is 25.2. The third-order valence-electron chi connectivity index (χ3n) is 9.24. The van der Waals surface area contributed by atoms with Gasteiger partial charge in [0.1, 0.15) is 6.61 Å². The summed E-state index contributed by atoms with van der Waals surface area (Å²) in [6.45, 7) is 7.58. The van der Waals surface area contributed by atoms with E-state index in [1.807, 2.05) is 6.08 Å². The van der Waals surface area contributed by atoms with E-state index in [9.17, 15) is 9.59 Å². The van der Waals surface area contributed by atoms with Crippen molar-refractivity contribution in [2.45, 2.75) is 207 Å². The van der Waals surface area contributed by atoms with E-state index < -0.39 is 6.10 Å². The first-order chi connectivity index (χ1) is 26.6. The predicted octanol–water partition coefficient (Wildman–Crippen LogP) is 14.8. The highest BCUT2D eigenvalue weighted by Gasteiger charge is 2.17. The van der Waals surface area contributed by atoms with Crippen molar-refractivity contribution in [2.24, 2.45) is 0 Å². The summed E-state index contributed by atoms with van der Waals surface area (Å²) in [5.74, 6) is -0.508. The van der Waals surface area contributed by atoms with Gasteiger partial charge in [-0.25, -0.2) is 0 Å². The van der Waals surface area contributed by atoms with Gasteiger partial charge in [0.05, 0.1) is 6.61 Å². The fraction of sp³-hybridized carbons (Fsp3) is 0.714. The van der Waals surface area contributed by atoms with Gasteiger partial charge < -0.3 is 14.2 Å². The number of allylic oxidation sites excluding steroid dienone is 12. The number of unbranched alkanes of at least 4 members (excludes halogenated alkanes) is 17. The number of ether oxygens (including phenoxy) is 3.